The maximum absolute atomic E-state index is 13.4. The van der Waals surface area contributed by atoms with Gasteiger partial charge in [0.25, 0.3) is 5.91 Å². The molecule has 0 bridgehead atoms. The molecule has 1 aliphatic rings. The predicted octanol–water partition coefficient (Wildman–Crippen LogP) is 5.48. The molecule has 0 spiro atoms. The molecular weight excluding hydrogens is 436 g/mol. The molecule has 1 fully saturated rings. The van der Waals surface area contributed by atoms with Crippen LogP contribution < -0.4 is 4.74 Å². The van der Waals surface area contributed by atoms with Gasteiger partial charge < -0.3 is 14.7 Å². The van der Waals surface area contributed by atoms with Gasteiger partial charge in [0.15, 0.2) is 0 Å². The Morgan fingerprint density at radius 3 is 2.40 bits per heavy atom. The van der Waals surface area contributed by atoms with Crippen LogP contribution in [-0.2, 0) is 6.54 Å². The van der Waals surface area contributed by atoms with E-state index in [1.54, 1.807) is 13.2 Å². The normalized spacial score (nSPS) is 18.1. The lowest BCUT2D eigenvalue weighted by molar-refractivity contribution is 0.0668. The van der Waals surface area contributed by atoms with Crippen LogP contribution >= 0.6 is 0 Å². The van der Waals surface area contributed by atoms with Crippen LogP contribution in [0.15, 0.2) is 72.8 Å². The van der Waals surface area contributed by atoms with E-state index < -0.39 is 0 Å². The van der Waals surface area contributed by atoms with Crippen molar-refractivity contribution in [1.29, 1.82) is 0 Å². The summed E-state index contributed by atoms with van der Waals surface area (Å²) < 4.78 is 5.24. The molecule has 0 aliphatic carbocycles. The molecule has 1 aliphatic heterocycles. The number of hydrogen-bond acceptors (Lipinski definition) is 4. The number of ether oxygens (including phenoxy) is 1. The zero-order valence-electron chi connectivity index (χ0n) is 21.1. The molecule has 0 radical (unpaired) electrons. The van der Waals surface area contributed by atoms with Crippen molar-refractivity contribution >= 4 is 5.91 Å². The summed E-state index contributed by atoms with van der Waals surface area (Å²) in [5.74, 6) is 1.57. The molecule has 0 saturated carbocycles. The molecule has 3 aromatic carbocycles. The van der Waals surface area contributed by atoms with E-state index in [1.807, 2.05) is 47.4 Å². The minimum Gasteiger partial charge on any atom is -0.507 e. The first-order chi connectivity index (χ1) is 16.9. The lowest BCUT2D eigenvalue weighted by atomic mass is 9.88. The van der Waals surface area contributed by atoms with Crippen LogP contribution in [0.4, 0.5) is 0 Å². The largest absolute Gasteiger partial charge is 0.507 e. The van der Waals surface area contributed by atoms with E-state index in [2.05, 4.69) is 49.9 Å². The molecule has 1 N–H and O–H groups in total. The van der Waals surface area contributed by atoms with Gasteiger partial charge in [0.1, 0.15) is 11.5 Å². The van der Waals surface area contributed by atoms with Gasteiger partial charge in [-0.3, -0.25) is 9.69 Å². The summed E-state index contributed by atoms with van der Waals surface area (Å²) in [5.41, 5.74) is 4.16. The molecule has 1 amide bonds. The van der Waals surface area contributed by atoms with Gasteiger partial charge in [0.2, 0.25) is 0 Å². The molecule has 184 valence electrons. The number of aryl methyl sites for hydroxylation is 1. The maximum Gasteiger partial charge on any atom is 0.254 e. The number of aromatic hydroxyl groups is 1. The van der Waals surface area contributed by atoms with Crippen molar-refractivity contribution in [1.82, 2.24) is 9.80 Å². The molecule has 35 heavy (non-hydrogen) atoms. The van der Waals surface area contributed by atoms with Crippen LogP contribution in [0, 0.1) is 12.8 Å². The summed E-state index contributed by atoms with van der Waals surface area (Å²) in [6.45, 7) is 9.36. The Hall–Kier alpha value is -3.31. The van der Waals surface area contributed by atoms with Crippen molar-refractivity contribution in [3.05, 3.63) is 95.1 Å². The van der Waals surface area contributed by atoms with Crippen LogP contribution in [0.3, 0.4) is 0 Å². The number of benzene rings is 3. The molecule has 5 nitrogen and oxygen atoms in total. The summed E-state index contributed by atoms with van der Waals surface area (Å²) >= 11 is 0. The van der Waals surface area contributed by atoms with E-state index in [0.717, 1.165) is 24.2 Å². The van der Waals surface area contributed by atoms with Gasteiger partial charge in [0.05, 0.1) is 7.11 Å². The third-order valence-corrected chi connectivity index (χ3v) is 7.04. The maximum atomic E-state index is 13.4. The Bertz CT molecular complexity index is 1130. The SMILES string of the molecule is COc1ccc(CN2CC(CN(C(=O)c3ccccc3)C(C)C)C(c3ccc(C)cc3)C2)c(O)c1. The minimum atomic E-state index is 0.0782. The van der Waals surface area contributed by atoms with E-state index in [9.17, 15) is 9.90 Å². The number of methoxy groups -OCH3 is 1. The second kappa shape index (κ2) is 11.0. The van der Waals surface area contributed by atoms with Gasteiger partial charge in [-0.2, -0.15) is 0 Å². The van der Waals surface area contributed by atoms with Crippen LogP contribution in [0.2, 0.25) is 0 Å². The Labute approximate surface area is 209 Å². The van der Waals surface area contributed by atoms with E-state index in [1.165, 1.54) is 11.1 Å². The third-order valence-electron chi connectivity index (χ3n) is 7.04. The highest BCUT2D eigenvalue weighted by molar-refractivity contribution is 5.94. The Balaban J connectivity index is 1.58. The molecular formula is C30H36N2O3. The number of hydrogen-bond donors (Lipinski definition) is 1. The molecule has 2 atom stereocenters. The standard InChI is InChI=1S/C30H36N2O3/c1-21(2)32(30(34)24-8-6-5-7-9-24)19-26-18-31(17-25-14-15-27(35-4)16-29(25)33)20-28(26)23-12-10-22(3)11-13-23/h5-16,21,26,28,33H,17-20H2,1-4H3. The zero-order valence-corrected chi connectivity index (χ0v) is 21.1. The molecule has 1 heterocycles. The number of rotatable bonds is 8. The quantitative estimate of drug-likeness (QED) is 0.472. The second-order valence-corrected chi connectivity index (χ2v) is 9.88. The highest BCUT2D eigenvalue weighted by Gasteiger charge is 2.36. The van der Waals surface area contributed by atoms with Crippen molar-refractivity contribution in [2.24, 2.45) is 5.92 Å². The van der Waals surface area contributed by atoms with Crippen molar-refractivity contribution < 1.29 is 14.6 Å². The summed E-state index contributed by atoms with van der Waals surface area (Å²) in [4.78, 5) is 17.8. The van der Waals surface area contributed by atoms with Crippen LogP contribution in [0.5, 0.6) is 11.5 Å². The Kier molecular flexibility index (Phi) is 7.76. The van der Waals surface area contributed by atoms with E-state index >= 15 is 0 Å². The van der Waals surface area contributed by atoms with Gasteiger partial charge in [-0.15, -0.1) is 0 Å². The van der Waals surface area contributed by atoms with E-state index in [4.69, 9.17) is 4.74 Å². The smallest absolute Gasteiger partial charge is 0.254 e. The van der Waals surface area contributed by atoms with Gasteiger partial charge in [-0.1, -0.05) is 54.1 Å². The first kappa shape index (κ1) is 24.8. The Morgan fingerprint density at radius 2 is 1.77 bits per heavy atom. The van der Waals surface area contributed by atoms with Crippen molar-refractivity contribution in [3.8, 4) is 11.5 Å². The van der Waals surface area contributed by atoms with Gasteiger partial charge in [-0.05, 0) is 50.5 Å². The molecule has 1 saturated heterocycles. The van der Waals surface area contributed by atoms with E-state index in [-0.39, 0.29) is 23.6 Å². The number of carbonyl (C=O) groups is 1. The van der Waals surface area contributed by atoms with E-state index in [0.29, 0.717) is 24.8 Å². The first-order valence-corrected chi connectivity index (χ1v) is 12.4. The molecule has 3 aromatic rings. The minimum absolute atomic E-state index is 0.0782. The summed E-state index contributed by atoms with van der Waals surface area (Å²) in [6, 6.07) is 23.9. The lowest BCUT2D eigenvalue weighted by Crippen LogP contribution is -2.42. The zero-order chi connectivity index (χ0) is 24.9. The summed E-state index contributed by atoms with van der Waals surface area (Å²) in [7, 11) is 1.60. The summed E-state index contributed by atoms with van der Waals surface area (Å²) in [5, 5.41) is 10.5. The number of phenols is 1. The van der Waals surface area contributed by atoms with Crippen LogP contribution in [0.25, 0.3) is 0 Å². The molecule has 2 unspecified atom stereocenters. The van der Waals surface area contributed by atoms with Crippen molar-refractivity contribution in [3.63, 3.8) is 0 Å². The first-order valence-electron chi connectivity index (χ1n) is 12.4. The average Bonchev–Trinajstić information content (AvgIpc) is 3.26. The fraction of sp³-hybridized carbons (Fsp3) is 0.367. The number of nitrogens with zero attached hydrogens (tertiary/aromatic N) is 2. The lowest BCUT2D eigenvalue weighted by Gasteiger charge is -2.32. The number of phenolic OH excluding ortho intramolecular Hbond substituents is 1. The van der Waals surface area contributed by atoms with Crippen molar-refractivity contribution in [2.45, 2.75) is 39.3 Å². The third kappa shape index (κ3) is 5.85. The summed E-state index contributed by atoms with van der Waals surface area (Å²) in [6.07, 6.45) is 0. The average molecular weight is 473 g/mol. The van der Waals surface area contributed by atoms with Gasteiger partial charge in [0, 0.05) is 55.3 Å². The predicted molar refractivity (Wildman–Crippen MR) is 140 cm³/mol. The fourth-order valence-electron chi connectivity index (χ4n) is 5.04. The molecule has 4 rings (SSSR count). The highest BCUT2D eigenvalue weighted by atomic mass is 16.5. The number of carbonyl (C=O) groups excluding carboxylic acids is 1. The number of likely N-dealkylation sites (tertiary alicyclic amines) is 1. The molecule has 0 aromatic heterocycles. The van der Waals surface area contributed by atoms with Crippen molar-refractivity contribution in [2.75, 3.05) is 26.7 Å². The van der Waals surface area contributed by atoms with Crippen LogP contribution in [-0.4, -0.2) is 53.6 Å². The van der Waals surface area contributed by atoms with Gasteiger partial charge >= 0.3 is 0 Å². The van der Waals surface area contributed by atoms with Crippen LogP contribution in [0.1, 0.15) is 46.8 Å². The Morgan fingerprint density at radius 1 is 1.06 bits per heavy atom. The topological polar surface area (TPSA) is 53.0 Å². The number of amides is 1. The van der Waals surface area contributed by atoms with Gasteiger partial charge in [-0.25, -0.2) is 0 Å². The fourth-order valence-corrected chi connectivity index (χ4v) is 5.04. The highest BCUT2D eigenvalue weighted by Crippen LogP contribution is 2.36. The monoisotopic (exact) mass is 472 g/mol. The second-order valence-electron chi connectivity index (χ2n) is 9.88. The molecule has 5 heteroatoms.